The van der Waals surface area contributed by atoms with E-state index in [2.05, 4.69) is 49.3 Å². The number of aromatic nitrogens is 1. The van der Waals surface area contributed by atoms with Crippen molar-refractivity contribution in [2.45, 2.75) is 20.6 Å². The van der Waals surface area contributed by atoms with Crippen LogP contribution in [0.3, 0.4) is 0 Å². The SMILES string of the molecule is C=C/C=C\c1c(C)n(COCCOCCOC)c2ccc(C)cc12. The minimum atomic E-state index is 0.515. The third-order valence-electron chi connectivity index (χ3n) is 3.95. The summed E-state index contributed by atoms with van der Waals surface area (Å²) in [6.45, 7) is 10.9. The van der Waals surface area contributed by atoms with Gasteiger partial charge in [-0.1, -0.05) is 36.4 Å². The molecule has 0 unspecified atom stereocenters. The Labute approximate surface area is 144 Å². The lowest BCUT2D eigenvalue weighted by Gasteiger charge is -2.10. The molecule has 0 saturated carbocycles. The molecule has 0 aliphatic heterocycles. The number of methoxy groups -OCH3 is 1. The van der Waals surface area contributed by atoms with Gasteiger partial charge in [0.05, 0.1) is 31.9 Å². The Bertz CT molecular complexity index is 700. The molecule has 1 aromatic carbocycles. The molecule has 0 N–H and O–H groups in total. The molecule has 0 spiro atoms. The average Bonchev–Trinajstić information content (AvgIpc) is 2.83. The first-order valence-electron chi connectivity index (χ1n) is 8.22. The van der Waals surface area contributed by atoms with Gasteiger partial charge in [0.2, 0.25) is 0 Å². The van der Waals surface area contributed by atoms with Gasteiger partial charge in [-0.05, 0) is 26.0 Å². The summed E-state index contributed by atoms with van der Waals surface area (Å²) in [6, 6.07) is 6.50. The summed E-state index contributed by atoms with van der Waals surface area (Å²) in [7, 11) is 1.67. The van der Waals surface area contributed by atoms with E-state index >= 15 is 0 Å². The van der Waals surface area contributed by atoms with Crippen molar-refractivity contribution in [1.29, 1.82) is 0 Å². The smallest absolute Gasteiger partial charge is 0.123 e. The Morgan fingerprint density at radius 1 is 1.08 bits per heavy atom. The molecule has 0 aliphatic carbocycles. The molecule has 0 aliphatic rings. The van der Waals surface area contributed by atoms with Gasteiger partial charge in [0.15, 0.2) is 0 Å². The fraction of sp³-hybridized carbons (Fsp3) is 0.400. The van der Waals surface area contributed by atoms with E-state index in [9.17, 15) is 0 Å². The Balaban J connectivity index is 2.10. The van der Waals surface area contributed by atoms with E-state index in [1.807, 2.05) is 6.08 Å². The van der Waals surface area contributed by atoms with Crippen LogP contribution in [0.25, 0.3) is 17.0 Å². The van der Waals surface area contributed by atoms with Crippen LogP contribution in [0.1, 0.15) is 16.8 Å². The highest BCUT2D eigenvalue weighted by molar-refractivity contribution is 5.91. The van der Waals surface area contributed by atoms with Crippen molar-refractivity contribution in [2.24, 2.45) is 0 Å². The van der Waals surface area contributed by atoms with Crippen molar-refractivity contribution < 1.29 is 14.2 Å². The molecule has 4 heteroatoms. The summed E-state index contributed by atoms with van der Waals surface area (Å²) in [5.74, 6) is 0. The van der Waals surface area contributed by atoms with Crippen molar-refractivity contribution in [2.75, 3.05) is 33.5 Å². The van der Waals surface area contributed by atoms with Gasteiger partial charge in [-0.3, -0.25) is 0 Å². The topological polar surface area (TPSA) is 32.6 Å². The van der Waals surface area contributed by atoms with E-state index in [0.29, 0.717) is 33.2 Å². The van der Waals surface area contributed by atoms with Crippen molar-refractivity contribution >= 4 is 17.0 Å². The van der Waals surface area contributed by atoms with E-state index in [4.69, 9.17) is 14.2 Å². The van der Waals surface area contributed by atoms with E-state index in [0.717, 1.165) is 0 Å². The van der Waals surface area contributed by atoms with Crippen molar-refractivity contribution in [3.8, 4) is 0 Å². The minimum absolute atomic E-state index is 0.515. The van der Waals surface area contributed by atoms with Crippen molar-refractivity contribution in [3.63, 3.8) is 0 Å². The fourth-order valence-corrected chi connectivity index (χ4v) is 2.68. The monoisotopic (exact) mass is 329 g/mol. The molecule has 0 bridgehead atoms. The molecule has 4 nitrogen and oxygen atoms in total. The second-order valence-electron chi connectivity index (χ2n) is 5.69. The van der Waals surface area contributed by atoms with E-state index in [1.54, 1.807) is 13.2 Å². The van der Waals surface area contributed by atoms with Gasteiger partial charge in [0, 0.05) is 23.8 Å². The first-order chi connectivity index (χ1) is 11.7. The number of allylic oxidation sites excluding steroid dienone is 2. The van der Waals surface area contributed by atoms with Gasteiger partial charge in [-0.25, -0.2) is 0 Å². The highest BCUT2D eigenvalue weighted by atomic mass is 16.5. The third kappa shape index (κ3) is 4.57. The second-order valence-corrected chi connectivity index (χ2v) is 5.69. The number of hydrogen-bond acceptors (Lipinski definition) is 3. The number of nitrogens with zero attached hydrogens (tertiary/aromatic N) is 1. The van der Waals surface area contributed by atoms with Crippen LogP contribution in [0, 0.1) is 13.8 Å². The van der Waals surface area contributed by atoms with Crippen molar-refractivity contribution in [3.05, 3.63) is 53.8 Å². The van der Waals surface area contributed by atoms with Crippen LogP contribution in [0.4, 0.5) is 0 Å². The lowest BCUT2D eigenvalue weighted by atomic mass is 10.1. The highest BCUT2D eigenvalue weighted by Crippen LogP contribution is 2.28. The predicted molar refractivity (Wildman–Crippen MR) is 99.3 cm³/mol. The first kappa shape index (κ1) is 18.5. The standard InChI is InChI=1S/C20H27NO3/c1-5-6-7-18-17(3)21(15-24-13-12-23-11-10-22-4)20-9-8-16(2)14-19(18)20/h5-9,14H,1,10-13,15H2,2-4H3/b7-6-. The van der Waals surface area contributed by atoms with E-state index in [1.165, 1.54) is 27.7 Å². The molecule has 0 amide bonds. The maximum absolute atomic E-state index is 5.79. The lowest BCUT2D eigenvalue weighted by molar-refractivity contribution is 0.00531. The van der Waals surface area contributed by atoms with Gasteiger partial charge >= 0.3 is 0 Å². The van der Waals surface area contributed by atoms with E-state index < -0.39 is 0 Å². The summed E-state index contributed by atoms with van der Waals surface area (Å²) in [5, 5.41) is 1.24. The largest absolute Gasteiger partial charge is 0.382 e. The average molecular weight is 329 g/mol. The summed E-state index contributed by atoms with van der Waals surface area (Å²) >= 11 is 0. The molecule has 24 heavy (non-hydrogen) atoms. The molecule has 0 saturated heterocycles. The maximum atomic E-state index is 5.79. The molecule has 0 radical (unpaired) electrons. The molecular formula is C20H27NO3. The summed E-state index contributed by atoms with van der Waals surface area (Å²) in [4.78, 5) is 0. The zero-order valence-electron chi connectivity index (χ0n) is 14.9. The summed E-state index contributed by atoms with van der Waals surface area (Å²) < 4.78 is 18.4. The van der Waals surface area contributed by atoms with Crippen LogP contribution in [0.15, 0.2) is 36.9 Å². The molecular weight excluding hydrogens is 302 g/mol. The molecule has 0 fully saturated rings. The summed E-state index contributed by atoms with van der Waals surface area (Å²) in [6.07, 6.45) is 5.87. The molecule has 1 aromatic heterocycles. The van der Waals surface area contributed by atoms with Gasteiger partial charge < -0.3 is 18.8 Å². The van der Waals surface area contributed by atoms with E-state index in [-0.39, 0.29) is 0 Å². The quantitative estimate of drug-likeness (QED) is 0.486. The molecule has 0 atom stereocenters. The zero-order chi connectivity index (χ0) is 17.4. The minimum Gasteiger partial charge on any atom is -0.382 e. The van der Waals surface area contributed by atoms with Crippen LogP contribution >= 0.6 is 0 Å². The number of aryl methyl sites for hydroxylation is 1. The highest BCUT2D eigenvalue weighted by Gasteiger charge is 2.12. The number of benzene rings is 1. The van der Waals surface area contributed by atoms with Crippen LogP contribution in [0.2, 0.25) is 0 Å². The number of ether oxygens (including phenoxy) is 3. The Morgan fingerprint density at radius 2 is 1.83 bits per heavy atom. The second kappa shape index (κ2) is 9.42. The number of fused-ring (bicyclic) bond motifs is 1. The van der Waals surface area contributed by atoms with Crippen molar-refractivity contribution in [1.82, 2.24) is 4.57 Å². The summed E-state index contributed by atoms with van der Waals surface area (Å²) in [5.41, 5.74) is 4.84. The normalized spacial score (nSPS) is 11.6. The van der Waals surface area contributed by atoms with Crippen LogP contribution in [-0.2, 0) is 20.9 Å². The molecule has 1 heterocycles. The van der Waals surface area contributed by atoms with Gasteiger partial charge in [0.25, 0.3) is 0 Å². The van der Waals surface area contributed by atoms with Crippen LogP contribution in [-0.4, -0.2) is 38.1 Å². The molecule has 2 aromatic rings. The van der Waals surface area contributed by atoms with Crippen LogP contribution in [0.5, 0.6) is 0 Å². The Hall–Kier alpha value is -1.88. The predicted octanol–water partition coefficient (Wildman–Crippen LogP) is 4.09. The lowest BCUT2D eigenvalue weighted by Crippen LogP contribution is -2.11. The maximum Gasteiger partial charge on any atom is 0.123 e. The van der Waals surface area contributed by atoms with Crippen LogP contribution < -0.4 is 0 Å². The van der Waals surface area contributed by atoms with Gasteiger partial charge in [0.1, 0.15) is 6.73 Å². The molecule has 130 valence electrons. The third-order valence-corrected chi connectivity index (χ3v) is 3.95. The molecule has 2 rings (SSSR count). The zero-order valence-corrected chi connectivity index (χ0v) is 14.9. The number of rotatable bonds is 10. The van der Waals surface area contributed by atoms with Gasteiger partial charge in [-0.2, -0.15) is 0 Å². The Morgan fingerprint density at radius 3 is 2.58 bits per heavy atom. The number of hydrogen-bond donors (Lipinski definition) is 0. The first-order valence-corrected chi connectivity index (χ1v) is 8.22. The Kier molecular flexibility index (Phi) is 7.25. The van der Waals surface area contributed by atoms with Gasteiger partial charge in [-0.15, -0.1) is 0 Å². The fourth-order valence-electron chi connectivity index (χ4n) is 2.68.